The van der Waals surface area contributed by atoms with Gasteiger partial charge in [0, 0.05) is 6.54 Å². The van der Waals surface area contributed by atoms with Crippen molar-refractivity contribution in [1.29, 1.82) is 0 Å². The summed E-state index contributed by atoms with van der Waals surface area (Å²) in [5.74, 6) is -0.0197. The van der Waals surface area contributed by atoms with Crippen LogP contribution in [0.5, 0.6) is 0 Å². The molecule has 1 rings (SSSR count). The van der Waals surface area contributed by atoms with Crippen LogP contribution in [0, 0.1) is 0 Å². The third-order valence-electron chi connectivity index (χ3n) is 1.91. The van der Waals surface area contributed by atoms with Crippen molar-refractivity contribution in [1.82, 2.24) is 10.2 Å². The standard InChI is InChI=1S/C8H14N2O2/c1-2-3-4-10-6-7(11)9-5-8(10)12/h2-6H2,1H3,(H,9,11). The second kappa shape index (κ2) is 4.09. The maximum absolute atomic E-state index is 11.2. The van der Waals surface area contributed by atoms with Crippen LogP contribution in [-0.2, 0) is 9.59 Å². The summed E-state index contributed by atoms with van der Waals surface area (Å²) < 4.78 is 0. The van der Waals surface area contributed by atoms with Gasteiger partial charge in [-0.2, -0.15) is 0 Å². The van der Waals surface area contributed by atoms with Gasteiger partial charge in [-0.3, -0.25) is 9.59 Å². The molecule has 1 aliphatic rings. The van der Waals surface area contributed by atoms with Crippen LogP contribution in [0.3, 0.4) is 0 Å². The number of amides is 2. The Bertz CT molecular complexity index is 191. The molecule has 1 heterocycles. The minimum Gasteiger partial charge on any atom is -0.345 e. The second-order valence-electron chi connectivity index (χ2n) is 2.95. The van der Waals surface area contributed by atoms with Crippen molar-refractivity contribution >= 4 is 11.8 Å². The third kappa shape index (κ3) is 2.22. The number of hydrogen-bond acceptors (Lipinski definition) is 2. The Morgan fingerprint density at radius 1 is 1.50 bits per heavy atom. The van der Waals surface area contributed by atoms with Crippen LogP contribution < -0.4 is 5.32 Å². The summed E-state index contributed by atoms with van der Waals surface area (Å²) in [5, 5.41) is 2.51. The minimum absolute atomic E-state index is 0.0306. The summed E-state index contributed by atoms with van der Waals surface area (Å²) in [5.41, 5.74) is 0. The largest absolute Gasteiger partial charge is 0.345 e. The first-order chi connectivity index (χ1) is 5.74. The van der Waals surface area contributed by atoms with E-state index in [4.69, 9.17) is 0 Å². The van der Waals surface area contributed by atoms with Crippen molar-refractivity contribution in [3.63, 3.8) is 0 Å². The molecule has 1 aliphatic heterocycles. The average Bonchev–Trinajstić information content (AvgIpc) is 2.07. The van der Waals surface area contributed by atoms with Gasteiger partial charge in [0.2, 0.25) is 11.8 Å². The molecular formula is C8H14N2O2. The Labute approximate surface area is 71.9 Å². The summed E-state index contributed by atoms with van der Waals surface area (Å²) in [6.07, 6.45) is 2.02. The molecule has 1 N–H and O–H groups in total. The fourth-order valence-corrected chi connectivity index (χ4v) is 1.16. The molecule has 0 bridgehead atoms. The zero-order valence-electron chi connectivity index (χ0n) is 7.30. The quantitative estimate of drug-likeness (QED) is 0.634. The highest BCUT2D eigenvalue weighted by molar-refractivity contribution is 5.92. The highest BCUT2D eigenvalue weighted by Gasteiger charge is 2.21. The lowest BCUT2D eigenvalue weighted by Gasteiger charge is -2.26. The van der Waals surface area contributed by atoms with Crippen LogP contribution in [0.4, 0.5) is 0 Å². The first-order valence-corrected chi connectivity index (χ1v) is 4.28. The lowest BCUT2D eigenvalue weighted by atomic mass is 10.3. The Morgan fingerprint density at radius 3 is 2.92 bits per heavy atom. The number of nitrogens with one attached hydrogen (secondary N) is 1. The van der Waals surface area contributed by atoms with Crippen LogP contribution in [0.2, 0.25) is 0 Å². The molecule has 0 aromatic rings. The number of piperazine rings is 1. The SMILES string of the molecule is CCCCN1CC(=O)NCC1=O. The molecule has 2 amide bonds. The Morgan fingerprint density at radius 2 is 2.25 bits per heavy atom. The van der Waals surface area contributed by atoms with E-state index in [1.54, 1.807) is 4.90 Å². The number of unbranched alkanes of at least 4 members (excludes halogenated alkanes) is 1. The molecule has 0 unspecified atom stereocenters. The smallest absolute Gasteiger partial charge is 0.242 e. The van der Waals surface area contributed by atoms with Crippen LogP contribution in [0.15, 0.2) is 0 Å². The summed E-state index contributed by atoms with van der Waals surface area (Å²) in [6.45, 7) is 3.18. The van der Waals surface area contributed by atoms with Gasteiger partial charge in [-0.25, -0.2) is 0 Å². The van der Waals surface area contributed by atoms with Crippen molar-refractivity contribution in [2.24, 2.45) is 0 Å². The van der Waals surface area contributed by atoms with Gasteiger partial charge in [0.25, 0.3) is 0 Å². The van der Waals surface area contributed by atoms with Gasteiger partial charge in [-0.15, -0.1) is 0 Å². The Kier molecular flexibility index (Phi) is 3.08. The van der Waals surface area contributed by atoms with Crippen molar-refractivity contribution < 1.29 is 9.59 Å². The molecule has 1 saturated heterocycles. The molecule has 0 saturated carbocycles. The van der Waals surface area contributed by atoms with Crippen LogP contribution in [-0.4, -0.2) is 36.3 Å². The first kappa shape index (κ1) is 9.03. The van der Waals surface area contributed by atoms with E-state index in [2.05, 4.69) is 12.2 Å². The summed E-state index contributed by atoms with van der Waals surface area (Å²) >= 11 is 0. The molecule has 12 heavy (non-hydrogen) atoms. The van der Waals surface area contributed by atoms with E-state index >= 15 is 0 Å². The number of nitrogens with zero attached hydrogens (tertiary/aromatic N) is 1. The van der Waals surface area contributed by atoms with E-state index < -0.39 is 0 Å². The van der Waals surface area contributed by atoms with Crippen LogP contribution >= 0.6 is 0 Å². The van der Waals surface area contributed by atoms with Gasteiger partial charge in [-0.05, 0) is 6.42 Å². The minimum atomic E-state index is -0.0503. The molecular weight excluding hydrogens is 156 g/mol. The molecule has 1 fully saturated rings. The Balaban J connectivity index is 2.38. The second-order valence-corrected chi connectivity index (χ2v) is 2.95. The number of carbonyl (C=O) groups excluding carboxylic acids is 2. The summed E-state index contributed by atoms with van der Waals surface area (Å²) in [7, 11) is 0. The Hall–Kier alpha value is -1.06. The van der Waals surface area contributed by atoms with Crippen LogP contribution in [0.25, 0.3) is 0 Å². The zero-order valence-corrected chi connectivity index (χ0v) is 7.30. The first-order valence-electron chi connectivity index (χ1n) is 4.28. The monoisotopic (exact) mass is 170 g/mol. The summed E-state index contributed by atoms with van der Waals surface area (Å²) in [6, 6.07) is 0. The van der Waals surface area contributed by atoms with E-state index in [0.717, 1.165) is 12.8 Å². The molecule has 0 aliphatic carbocycles. The number of carbonyl (C=O) groups is 2. The van der Waals surface area contributed by atoms with Gasteiger partial charge in [-0.1, -0.05) is 13.3 Å². The molecule has 0 atom stereocenters. The fraction of sp³-hybridized carbons (Fsp3) is 0.750. The highest BCUT2D eigenvalue weighted by atomic mass is 16.2. The topological polar surface area (TPSA) is 49.4 Å². The van der Waals surface area contributed by atoms with Crippen molar-refractivity contribution in [3.05, 3.63) is 0 Å². The predicted molar refractivity (Wildman–Crippen MR) is 44.5 cm³/mol. The molecule has 0 aromatic carbocycles. The zero-order chi connectivity index (χ0) is 8.97. The molecule has 4 nitrogen and oxygen atoms in total. The average molecular weight is 170 g/mol. The summed E-state index contributed by atoms with van der Waals surface area (Å²) in [4.78, 5) is 23.6. The molecule has 0 radical (unpaired) electrons. The molecule has 0 aromatic heterocycles. The van der Waals surface area contributed by atoms with Crippen molar-refractivity contribution in [3.8, 4) is 0 Å². The molecule has 0 spiro atoms. The van der Waals surface area contributed by atoms with Crippen LogP contribution in [0.1, 0.15) is 19.8 Å². The lowest BCUT2D eigenvalue weighted by molar-refractivity contribution is -0.140. The van der Waals surface area contributed by atoms with Gasteiger partial charge in [0.05, 0.1) is 13.1 Å². The molecule has 4 heteroatoms. The van der Waals surface area contributed by atoms with E-state index in [0.29, 0.717) is 6.54 Å². The van der Waals surface area contributed by atoms with Gasteiger partial charge in [0.15, 0.2) is 0 Å². The van der Waals surface area contributed by atoms with Gasteiger partial charge < -0.3 is 10.2 Å². The number of hydrogen-bond donors (Lipinski definition) is 1. The predicted octanol–water partition coefficient (Wildman–Crippen LogP) is -0.255. The normalized spacial score (nSPS) is 17.9. The number of rotatable bonds is 3. The maximum Gasteiger partial charge on any atom is 0.242 e. The van der Waals surface area contributed by atoms with Crippen molar-refractivity contribution in [2.75, 3.05) is 19.6 Å². The highest BCUT2D eigenvalue weighted by Crippen LogP contribution is 1.98. The van der Waals surface area contributed by atoms with Crippen molar-refractivity contribution in [2.45, 2.75) is 19.8 Å². The van der Waals surface area contributed by atoms with E-state index in [1.165, 1.54) is 0 Å². The fourth-order valence-electron chi connectivity index (χ4n) is 1.16. The van der Waals surface area contributed by atoms with Gasteiger partial charge >= 0.3 is 0 Å². The van der Waals surface area contributed by atoms with E-state index in [1.807, 2.05) is 0 Å². The maximum atomic E-state index is 11.2. The van der Waals surface area contributed by atoms with E-state index in [-0.39, 0.29) is 24.9 Å². The lowest BCUT2D eigenvalue weighted by Crippen LogP contribution is -2.51. The molecule has 68 valence electrons. The third-order valence-corrected chi connectivity index (χ3v) is 1.91. The van der Waals surface area contributed by atoms with E-state index in [9.17, 15) is 9.59 Å². The van der Waals surface area contributed by atoms with Gasteiger partial charge in [0.1, 0.15) is 0 Å².